The van der Waals surface area contributed by atoms with E-state index < -0.39 is 14.9 Å². The molecule has 0 radical (unpaired) electrons. The SMILES string of the molecule is Cc1cc([N+](=O)[O-])ccc1S(=O)(=O)N1CCC(C)CC1CN. The number of sulfonamides is 1. The zero-order chi connectivity index (χ0) is 16.5. The molecular formula is C14H21N3O4S. The van der Waals surface area contributed by atoms with Crippen LogP contribution in [0.15, 0.2) is 23.1 Å². The van der Waals surface area contributed by atoms with Gasteiger partial charge in [0.2, 0.25) is 10.0 Å². The van der Waals surface area contributed by atoms with Crippen LogP contribution in [-0.4, -0.2) is 36.8 Å². The molecule has 2 rings (SSSR count). The maximum Gasteiger partial charge on any atom is 0.269 e. The van der Waals surface area contributed by atoms with Crippen molar-refractivity contribution in [2.45, 2.75) is 37.6 Å². The van der Waals surface area contributed by atoms with Gasteiger partial charge in [0, 0.05) is 31.3 Å². The molecule has 122 valence electrons. The van der Waals surface area contributed by atoms with E-state index in [2.05, 4.69) is 6.92 Å². The van der Waals surface area contributed by atoms with Crippen LogP contribution in [-0.2, 0) is 10.0 Å². The molecule has 1 aromatic carbocycles. The average Bonchev–Trinajstić information content (AvgIpc) is 2.46. The molecule has 8 heteroatoms. The van der Waals surface area contributed by atoms with E-state index in [-0.39, 0.29) is 23.2 Å². The summed E-state index contributed by atoms with van der Waals surface area (Å²) in [6, 6.07) is 3.61. The molecule has 1 aliphatic rings. The van der Waals surface area contributed by atoms with E-state index in [1.165, 1.54) is 22.5 Å². The Kier molecular flexibility index (Phi) is 4.84. The molecule has 1 heterocycles. The number of benzene rings is 1. The van der Waals surface area contributed by atoms with E-state index in [1.807, 2.05) is 0 Å². The largest absolute Gasteiger partial charge is 0.329 e. The summed E-state index contributed by atoms with van der Waals surface area (Å²) in [6.45, 7) is 4.37. The van der Waals surface area contributed by atoms with Gasteiger partial charge in [-0.2, -0.15) is 4.31 Å². The maximum absolute atomic E-state index is 12.9. The number of nitro benzene ring substituents is 1. The van der Waals surface area contributed by atoms with Crippen molar-refractivity contribution >= 4 is 15.7 Å². The molecule has 0 aromatic heterocycles. The van der Waals surface area contributed by atoms with Crippen molar-refractivity contribution in [1.29, 1.82) is 0 Å². The fraction of sp³-hybridized carbons (Fsp3) is 0.571. The zero-order valence-corrected chi connectivity index (χ0v) is 13.5. The number of hydrogen-bond donors (Lipinski definition) is 1. The Morgan fingerprint density at radius 1 is 1.45 bits per heavy atom. The van der Waals surface area contributed by atoms with E-state index in [0.29, 0.717) is 18.0 Å². The fourth-order valence-electron chi connectivity index (χ4n) is 2.92. The molecular weight excluding hydrogens is 306 g/mol. The highest BCUT2D eigenvalue weighted by atomic mass is 32.2. The Hall–Kier alpha value is -1.51. The fourth-order valence-corrected chi connectivity index (χ4v) is 4.79. The van der Waals surface area contributed by atoms with Crippen LogP contribution in [0.25, 0.3) is 0 Å². The second-order valence-electron chi connectivity index (χ2n) is 5.84. The zero-order valence-electron chi connectivity index (χ0n) is 12.7. The smallest absolute Gasteiger partial charge is 0.269 e. The summed E-state index contributed by atoms with van der Waals surface area (Å²) >= 11 is 0. The van der Waals surface area contributed by atoms with Gasteiger partial charge in [-0.3, -0.25) is 10.1 Å². The molecule has 2 atom stereocenters. The van der Waals surface area contributed by atoms with E-state index in [1.54, 1.807) is 6.92 Å². The van der Waals surface area contributed by atoms with Crippen molar-refractivity contribution in [3.05, 3.63) is 33.9 Å². The van der Waals surface area contributed by atoms with Crippen LogP contribution < -0.4 is 5.73 Å². The van der Waals surface area contributed by atoms with Crippen LogP contribution in [0.4, 0.5) is 5.69 Å². The number of nitrogens with two attached hydrogens (primary N) is 1. The van der Waals surface area contributed by atoms with Crippen molar-refractivity contribution in [3.63, 3.8) is 0 Å². The molecule has 1 saturated heterocycles. The van der Waals surface area contributed by atoms with Crippen LogP contribution >= 0.6 is 0 Å². The third-order valence-corrected chi connectivity index (χ3v) is 6.26. The molecule has 0 aliphatic carbocycles. The molecule has 7 nitrogen and oxygen atoms in total. The highest BCUT2D eigenvalue weighted by molar-refractivity contribution is 7.89. The molecule has 22 heavy (non-hydrogen) atoms. The third-order valence-electron chi connectivity index (χ3n) is 4.15. The predicted octanol–water partition coefficient (Wildman–Crippen LogP) is 1.65. The summed E-state index contributed by atoms with van der Waals surface area (Å²) in [6.07, 6.45) is 1.53. The molecule has 1 aromatic rings. The first-order valence-electron chi connectivity index (χ1n) is 7.24. The standard InChI is InChI=1S/C14H21N3O4S/c1-10-5-6-16(13(7-10)9-15)22(20,21)14-4-3-12(17(18)19)8-11(14)2/h3-4,8,10,13H,5-7,9,15H2,1-2H3. The molecule has 1 fully saturated rings. The Balaban J connectivity index is 2.39. The minimum absolute atomic E-state index is 0.112. The van der Waals surface area contributed by atoms with Gasteiger partial charge < -0.3 is 5.73 Å². The lowest BCUT2D eigenvalue weighted by molar-refractivity contribution is -0.385. The predicted molar refractivity (Wildman–Crippen MR) is 83.0 cm³/mol. The molecule has 0 amide bonds. The van der Waals surface area contributed by atoms with E-state index in [4.69, 9.17) is 5.73 Å². The number of piperidine rings is 1. The number of aryl methyl sites for hydroxylation is 1. The summed E-state index contributed by atoms with van der Waals surface area (Å²) in [5.74, 6) is 0.443. The lowest BCUT2D eigenvalue weighted by Gasteiger charge is -2.37. The minimum Gasteiger partial charge on any atom is -0.329 e. The van der Waals surface area contributed by atoms with Crippen molar-refractivity contribution in [2.75, 3.05) is 13.1 Å². The van der Waals surface area contributed by atoms with Gasteiger partial charge in [-0.05, 0) is 37.3 Å². The first-order chi connectivity index (χ1) is 10.3. The summed E-state index contributed by atoms with van der Waals surface area (Å²) in [5, 5.41) is 10.8. The molecule has 0 spiro atoms. The van der Waals surface area contributed by atoms with Gasteiger partial charge in [0.25, 0.3) is 5.69 Å². The monoisotopic (exact) mass is 327 g/mol. The third kappa shape index (κ3) is 3.13. The minimum atomic E-state index is -3.69. The Labute approximate surface area is 130 Å². The molecule has 0 saturated carbocycles. The van der Waals surface area contributed by atoms with Crippen molar-refractivity contribution in [3.8, 4) is 0 Å². The van der Waals surface area contributed by atoms with Crippen LogP contribution in [0.1, 0.15) is 25.3 Å². The van der Waals surface area contributed by atoms with Gasteiger partial charge in [0.1, 0.15) is 0 Å². The normalized spacial score (nSPS) is 23.4. The lowest BCUT2D eigenvalue weighted by atomic mass is 9.94. The quantitative estimate of drug-likeness (QED) is 0.668. The lowest BCUT2D eigenvalue weighted by Crippen LogP contribution is -2.49. The van der Waals surface area contributed by atoms with Crippen LogP contribution in [0.2, 0.25) is 0 Å². The van der Waals surface area contributed by atoms with E-state index >= 15 is 0 Å². The highest BCUT2D eigenvalue weighted by Crippen LogP contribution is 2.30. The number of hydrogen-bond acceptors (Lipinski definition) is 5. The number of nitro groups is 1. The number of non-ortho nitro benzene ring substituents is 1. The Morgan fingerprint density at radius 2 is 2.14 bits per heavy atom. The van der Waals surface area contributed by atoms with Gasteiger partial charge in [-0.25, -0.2) is 8.42 Å². The first-order valence-corrected chi connectivity index (χ1v) is 8.68. The van der Waals surface area contributed by atoms with Crippen LogP contribution in [0, 0.1) is 23.0 Å². The number of rotatable bonds is 4. The van der Waals surface area contributed by atoms with Crippen LogP contribution in [0.5, 0.6) is 0 Å². The van der Waals surface area contributed by atoms with Gasteiger partial charge >= 0.3 is 0 Å². The second-order valence-corrected chi connectivity index (χ2v) is 7.70. The molecule has 0 bridgehead atoms. The van der Waals surface area contributed by atoms with Gasteiger partial charge in [0.05, 0.1) is 9.82 Å². The van der Waals surface area contributed by atoms with Crippen molar-refractivity contribution < 1.29 is 13.3 Å². The molecule has 2 N–H and O–H groups in total. The van der Waals surface area contributed by atoms with Crippen molar-refractivity contribution in [1.82, 2.24) is 4.31 Å². The average molecular weight is 327 g/mol. The van der Waals surface area contributed by atoms with Crippen molar-refractivity contribution in [2.24, 2.45) is 11.7 Å². The summed E-state index contributed by atoms with van der Waals surface area (Å²) in [7, 11) is -3.69. The summed E-state index contributed by atoms with van der Waals surface area (Å²) in [5.41, 5.74) is 6.00. The Morgan fingerprint density at radius 3 is 2.68 bits per heavy atom. The Bertz CT molecular complexity index is 675. The summed E-state index contributed by atoms with van der Waals surface area (Å²) < 4.78 is 27.2. The topological polar surface area (TPSA) is 107 Å². The van der Waals surface area contributed by atoms with Gasteiger partial charge in [-0.1, -0.05) is 6.92 Å². The van der Waals surface area contributed by atoms with E-state index in [0.717, 1.165) is 12.8 Å². The van der Waals surface area contributed by atoms with E-state index in [9.17, 15) is 18.5 Å². The number of nitrogens with zero attached hydrogens (tertiary/aromatic N) is 2. The molecule has 1 aliphatic heterocycles. The highest BCUT2D eigenvalue weighted by Gasteiger charge is 2.35. The first kappa shape index (κ1) is 16.9. The van der Waals surface area contributed by atoms with Gasteiger partial charge in [-0.15, -0.1) is 0 Å². The van der Waals surface area contributed by atoms with Gasteiger partial charge in [0.15, 0.2) is 0 Å². The second kappa shape index (κ2) is 6.31. The molecule has 2 unspecified atom stereocenters. The van der Waals surface area contributed by atoms with Crippen LogP contribution in [0.3, 0.4) is 0 Å². The maximum atomic E-state index is 12.9. The summed E-state index contributed by atoms with van der Waals surface area (Å²) in [4.78, 5) is 10.4.